The van der Waals surface area contributed by atoms with E-state index in [4.69, 9.17) is 0 Å². The summed E-state index contributed by atoms with van der Waals surface area (Å²) in [5.41, 5.74) is 1.01. The smallest absolute Gasteiger partial charge is 0.0878 e. The second-order valence-corrected chi connectivity index (χ2v) is 6.60. The lowest BCUT2D eigenvalue weighted by atomic mass is 9.60. The first-order valence-electron chi connectivity index (χ1n) is 8.76. The first-order valence-corrected chi connectivity index (χ1v) is 8.76. The molecule has 1 aromatic rings. The highest BCUT2D eigenvalue weighted by molar-refractivity contribution is 5.35. The van der Waals surface area contributed by atoms with Gasteiger partial charge in [0, 0.05) is 0 Å². The number of hydrogen-bond donors (Lipinski definition) is 0. The first kappa shape index (κ1) is 16.1. The molecule has 2 rings (SSSR count). The van der Waals surface area contributed by atoms with E-state index < -0.39 is 0 Å². The highest BCUT2D eigenvalue weighted by Gasteiger charge is 2.47. The van der Waals surface area contributed by atoms with Crippen LogP contribution in [0.2, 0.25) is 0 Å². The Labute approximate surface area is 130 Å². The van der Waals surface area contributed by atoms with Crippen LogP contribution in [0.25, 0.3) is 0 Å². The maximum atomic E-state index is 10.3. The largest absolute Gasteiger partial charge is 0.197 e. The van der Waals surface area contributed by atoms with Crippen LogP contribution in [0.4, 0.5) is 0 Å². The highest BCUT2D eigenvalue weighted by Crippen LogP contribution is 2.49. The molecule has 1 atom stereocenters. The van der Waals surface area contributed by atoms with Crippen LogP contribution in [0.15, 0.2) is 30.3 Å². The van der Waals surface area contributed by atoms with Crippen molar-refractivity contribution in [2.45, 2.75) is 70.6 Å². The minimum Gasteiger partial charge on any atom is -0.197 e. The summed E-state index contributed by atoms with van der Waals surface area (Å²) in [6.45, 7) is 4.51. The van der Waals surface area contributed by atoms with Crippen molar-refractivity contribution >= 4 is 0 Å². The van der Waals surface area contributed by atoms with Gasteiger partial charge in [0.2, 0.25) is 0 Å². The van der Waals surface area contributed by atoms with E-state index in [1.165, 1.54) is 56.9 Å². The van der Waals surface area contributed by atoms with Gasteiger partial charge in [0.25, 0.3) is 0 Å². The Morgan fingerprint density at radius 1 is 1.10 bits per heavy atom. The zero-order valence-corrected chi connectivity index (χ0v) is 13.6. The Bertz CT molecular complexity index is 446. The second-order valence-electron chi connectivity index (χ2n) is 6.60. The van der Waals surface area contributed by atoms with Crippen molar-refractivity contribution in [2.75, 3.05) is 0 Å². The summed E-state index contributed by atoms with van der Waals surface area (Å²) in [7, 11) is 0. The zero-order valence-electron chi connectivity index (χ0n) is 13.6. The normalized spacial score (nSPS) is 18.6. The Kier molecular flexibility index (Phi) is 5.85. The Morgan fingerprint density at radius 3 is 2.14 bits per heavy atom. The summed E-state index contributed by atoms with van der Waals surface area (Å²) in [6.07, 6.45) is 9.75. The molecule has 1 fully saturated rings. The average molecular weight is 283 g/mol. The van der Waals surface area contributed by atoms with Crippen molar-refractivity contribution in [2.24, 2.45) is 11.8 Å². The predicted molar refractivity (Wildman–Crippen MR) is 89.0 cm³/mol. The fourth-order valence-electron chi connectivity index (χ4n) is 4.44. The molecule has 0 saturated heterocycles. The summed E-state index contributed by atoms with van der Waals surface area (Å²) in [5.74, 6) is 1.05. The molecule has 1 aliphatic carbocycles. The maximum absolute atomic E-state index is 10.3. The number of benzene rings is 1. The lowest BCUT2D eigenvalue weighted by Crippen LogP contribution is -2.40. The van der Waals surface area contributed by atoms with Gasteiger partial charge in [0.1, 0.15) is 0 Å². The van der Waals surface area contributed by atoms with Crippen molar-refractivity contribution in [3.8, 4) is 6.07 Å². The Morgan fingerprint density at radius 2 is 1.67 bits per heavy atom. The van der Waals surface area contributed by atoms with E-state index in [2.05, 4.69) is 50.2 Å². The van der Waals surface area contributed by atoms with E-state index in [-0.39, 0.29) is 5.41 Å². The third kappa shape index (κ3) is 3.15. The molecule has 0 heterocycles. The molecule has 0 N–H and O–H groups in total. The lowest BCUT2D eigenvalue weighted by molar-refractivity contribution is 0.206. The van der Waals surface area contributed by atoms with E-state index in [1.54, 1.807) is 0 Å². The third-order valence-corrected chi connectivity index (χ3v) is 5.35. The average Bonchev–Trinajstić information content (AvgIpc) is 3.05. The molecule has 0 aliphatic heterocycles. The topological polar surface area (TPSA) is 23.8 Å². The number of rotatable bonds is 7. The molecule has 0 radical (unpaired) electrons. The maximum Gasteiger partial charge on any atom is 0.0878 e. The van der Waals surface area contributed by atoms with Gasteiger partial charge in [-0.05, 0) is 43.1 Å². The summed E-state index contributed by atoms with van der Waals surface area (Å²) >= 11 is 0. The van der Waals surface area contributed by atoms with Crippen LogP contribution < -0.4 is 0 Å². The van der Waals surface area contributed by atoms with Crippen LogP contribution in [0.1, 0.15) is 70.8 Å². The van der Waals surface area contributed by atoms with E-state index in [1.807, 2.05) is 0 Å². The predicted octanol–water partition coefficient (Wildman–Crippen LogP) is 5.85. The van der Waals surface area contributed by atoms with Crippen LogP contribution in [-0.2, 0) is 5.41 Å². The van der Waals surface area contributed by atoms with Gasteiger partial charge in [-0.1, -0.05) is 69.9 Å². The molecule has 1 aromatic carbocycles. The molecule has 1 unspecified atom stereocenters. The SMILES string of the molecule is CCCC(CCC)C(C#N)(c1ccccc1)C1CCCC1. The number of nitrogens with zero attached hydrogens (tertiary/aromatic N) is 1. The summed E-state index contributed by atoms with van der Waals surface area (Å²) in [4.78, 5) is 0. The van der Waals surface area contributed by atoms with Crippen molar-refractivity contribution in [1.29, 1.82) is 5.26 Å². The highest BCUT2D eigenvalue weighted by atomic mass is 14.5. The fraction of sp³-hybridized carbons (Fsp3) is 0.650. The Hall–Kier alpha value is -1.29. The summed E-state index contributed by atoms with van der Waals surface area (Å²) in [5, 5.41) is 10.3. The van der Waals surface area contributed by atoms with E-state index in [9.17, 15) is 5.26 Å². The van der Waals surface area contributed by atoms with Gasteiger partial charge in [0.05, 0.1) is 11.5 Å². The lowest BCUT2D eigenvalue weighted by Gasteiger charge is -2.40. The molecule has 21 heavy (non-hydrogen) atoms. The van der Waals surface area contributed by atoms with Gasteiger partial charge >= 0.3 is 0 Å². The van der Waals surface area contributed by atoms with Gasteiger partial charge in [-0.3, -0.25) is 0 Å². The molecule has 0 spiro atoms. The quantitative estimate of drug-likeness (QED) is 0.615. The second kappa shape index (κ2) is 7.64. The first-order chi connectivity index (χ1) is 10.3. The van der Waals surface area contributed by atoms with E-state index >= 15 is 0 Å². The molecule has 0 aromatic heterocycles. The van der Waals surface area contributed by atoms with Crippen molar-refractivity contribution in [3.05, 3.63) is 35.9 Å². The van der Waals surface area contributed by atoms with Gasteiger partial charge in [0.15, 0.2) is 0 Å². The van der Waals surface area contributed by atoms with Gasteiger partial charge < -0.3 is 0 Å². The van der Waals surface area contributed by atoms with Gasteiger partial charge in [-0.15, -0.1) is 0 Å². The van der Waals surface area contributed by atoms with Gasteiger partial charge in [-0.25, -0.2) is 0 Å². The molecule has 1 aliphatic rings. The Balaban J connectivity index is 2.47. The van der Waals surface area contributed by atoms with Crippen molar-refractivity contribution < 1.29 is 0 Å². The summed E-state index contributed by atoms with van der Waals surface area (Å²) in [6, 6.07) is 13.5. The monoisotopic (exact) mass is 283 g/mol. The van der Waals surface area contributed by atoms with Crippen LogP contribution in [0.5, 0.6) is 0 Å². The molecule has 0 bridgehead atoms. The van der Waals surface area contributed by atoms with Crippen LogP contribution in [0, 0.1) is 23.2 Å². The molecule has 1 heteroatoms. The molecule has 0 amide bonds. The molecule has 1 saturated carbocycles. The molecular weight excluding hydrogens is 254 g/mol. The number of nitriles is 1. The number of hydrogen-bond acceptors (Lipinski definition) is 1. The molecule has 1 nitrogen and oxygen atoms in total. The van der Waals surface area contributed by atoms with Crippen LogP contribution >= 0.6 is 0 Å². The fourth-order valence-corrected chi connectivity index (χ4v) is 4.44. The van der Waals surface area contributed by atoms with Gasteiger partial charge in [-0.2, -0.15) is 5.26 Å². The third-order valence-electron chi connectivity index (χ3n) is 5.35. The van der Waals surface area contributed by atoms with Crippen LogP contribution in [0.3, 0.4) is 0 Å². The van der Waals surface area contributed by atoms with Crippen molar-refractivity contribution in [3.63, 3.8) is 0 Å². The minimum atomic E-state index is -0.260. The minimum absolute atomic E-state index is 0.260. The summed E-state index contributed by atoms with van der Waals surface area (Å²) < 4.78 is 0. The molecule has 114 valence electrons. The van der Waals surface area contributed by atoms with Crippen molar-refractivity contribution in [1.82, 2.24) is 0 Å². The standard InChI is InChI=1S/C20H29N/c1-3-10-17(11-4-2)20(16-21,19-14-8-9-15-19)18-12-6-5-7-13-18/h5-7,12-13,17,19H,3-4,8-11,14-15H2,1-2H3. The zero-order chi connectivity index (χ0) is 15.1. The van der Waals surface area contributed by atoms with E-state index in [0.717, 1.165) is 0 Å². The molecular formula is C20H29N. The van der Waals surface area contributed by atoms with E-state index in [0.29, 0.717) is 11.8 Å². The van der Waals surface area contributed by atoms with Crippen LogP contribution in [-0.4, -0.2) is 0 Å².